The second kappa shape index (κ2) is 6.35. The molecule has 0 amide bonds. The van der Waals surface area contributed by atoms with Crippen molar-refractivity contribution < 1.29 is 24.5 Å². The van der Waals surface area contributed by atoms with E-state index in [2.05, 4.69) is 0 Å². The molecule has 20 heavy (non-hydrogen) atoms. The number of esters is 1. The summed E-state index contributed by atoms with van der Waals surface area (Å²) >= 11 is 0. The van der Waals surface area contributed by atoms with Crippen molar-refractivity contribution in [1.29, 1.82) is 0 Å². The summed E-state index contributed by atoms with van der Waals surface area (Å²) in [7, 11) is 0. The molecule has 1 fully saturated rings. The van der Waals surface area contributed by atoms with Crippen LogP contribution in [0.25, 0.3) is 0 Å². The zero-order valence-electron chi connectivity index (χ0n) is 11.5. The van der Waals surface area contributed by atoms with Crippen molar-refractivity contribution in [2.24, 2.45) is 0 Å². The van der Waals surface area contributed by atoms with Crippen LogP contribution < -0.4 is 0 Å². The Bertz CT molecular complexity index is 447. The van der Waals surface area contributed by atoms with Gasteiger partial charge in [0.05, 0.1) is 19.1 Å². The van der Waals surface area contributed by atoms with Crippen molar-refractivity contribution in [2.45, 2.75) is 44.2 Å². The van der Waals surface area contributed by atoms with E-state index in [9.17, 15) is 15.0 Å². The minimum atomic E-state index is -1.62. The van der Waals surface area contributed by atoms with Crippen LogP contribution in [0.1, 0.15) is 37.9 Å². The van der Waals surface area contributed by atoms with Gasteiger partial charge in [-0.25, -0.2) is 0 Å². The van der Waals surface area contributed by atoms with Crippen LogP contribution in [-0.2, 0) is 14.3 Å². The molecule has 0 radical (unpaired) electrons. The number of hydrogen-bond acceptors (Lipinski definition) is 5. The number of benzene rings is 1. The summed E-state index contributed by atoms with van der Waals surface area (Å²) < 4.78 is 10.5. The van der Waals surface area contributed by atoms with Gasteiger partial charge in [0.15, 0.2) is 5.79 Å². The minimum absolute atomic E-state index is 0.0296. The lowest BCUT2D eigenvalue weighted by atomic mass is 10.00. The maximum absolute atomic E-state index is 11.9. The van der Waals surface area contributed by atoms with Crippen molar-refractivity contribution in [3.8, 4) is 0 Å². The monoisotopic (exact) mass is 280 g/mol. The molecule has 0 bridgehead atoms. The molecule has 1 aromatic carbocycles. The van der Waals surface area contributed by atoms with E-state index >= 15 is 0 Å². The van der Waals surface area contributed by atoms with Crippen LogP contribution in [0.2, 0.25) is 0 Å². The number of ether oxygens (including phenoxy) is 2. The van der Waals surface area contributed by atoms with E-state index in [-0.39, 0.29) is 25.6 Å². The molecule has 5 heteroatoms. The van der Waals surface area contributed by atoms with E-state index in [1.807, 2.05) is 30.3 Å². The van der Waals surface area contributed by atoms with Gasteiger partial charge >= 0.3 is 5.97 Å². The molecule has 0 aromatic heterocycles. The zero-order chi connectivity index (χ0) is 14.6. The summed E-state index contributed by atoms with van der Waals surface area (Å²) in [5.41, 5.74) is 0.887. The van der Waals surface area contributed by atoms with Gasteiger partial charge in [0.2, 0.25) is 0 Å². The number of aliphatic hydroxyl groups is 2. The fourth-order valence-electron chi connectivity index (χ4n) is 2.29. The van der Waals surface area contributed by atoms with Crippen LogP contribution in [0.3, 0.4) is 0 Å². The Balaban J connectivity index is 1.89. The Hall–Kier alpha value is -1.43. The Morgan fingerprint density at radius 3 is 2.85 bits per heavy atom. The van der Waals surface area contributed by atoms with E-state index < -0.39 is 17.9 Å². The first-order valence-corrected chi connectivity index (χ1v) is 6.77. The average Bonchev–Trinajstić information content (AvgIpc) is 2.38. The highest BCUT2D eigenvalue weighted by atomic mass is 16.6. The second-order valence-corrected chi connectivity index (χ2v) is 5.16. The molecule has 1 aliphatic rings. The van der Waals surface area contributed by atoms with Crippen molar-refractivity contribution in [2.75, 3.05) is 6.61 Å². The molecule has 0 saturated carbocycles. The number of aliphatic hydroxyl groups excluding tert-OH is 1. The van der Waals surface area contributed by atoms with Crippen molar-refractivity contribution in [1.82, 2.24) is 0 Å². The molecule has 110 valence electrons. The van der Waals surface area contributed by atoms with E-state index in [1.165, 1.54) is 0 Å². The Morgan fingerprint density at radius 1 is 1.50 bits per heavy atom. The summed E-state index contributed by atoms with van der Waals surface area (Å²) in [5, 5.41) is 19.6. The standard InChI is InChI=1S/C15H20O5/c1-11(12-5-3-2-4-6-12)20-14(17)10-15(18)9-13(16)7-8-19-15/h2-6,11,13,16,18H,7-10H2,1H3/t11-,13-,15+/m1/s1. The fraction of sp³-hybridized carbons (Fsp3) is 0.533. The molecule has 1 aliphatic heterocycles. The quantitative estimate of drug-likeness (QED) is 0.818. The Labute approximate surface area is 118 Å². The fourth-order valence-corrected chi connectivity index (χ4v) is 2.29. The van der Waals surface area contributed by atoms with Crippen LogP contribution in [0.5, 0.6) is 0 Å². The SMILES string of the molecule is C[C@@H](OC(=O)C[C@]1(O)C[C@H](O)CCO1)c1ccccc1. The van der Waals surface area contributed by atoms with Gasteiger partial charge in [-0.15, -0.1) is 0 Å². The molecular formula is C15H20O5. The highest BCUT2D eigenvalue weighted by Gasteiger charge is 2.37. The molecule has 3 atom stereocenters. The molecule has 0 unspecified atom stereocenters. The topological polar surface area (TPSA) is 76.0 Å². The predicted octanol–water partition coefficient (Wildman–Crippen LogP) is 1.54. The van der Waals surface area contributed by atoms with E-state index in [0.29, 0.717) is 6.42 Å². The molecule has 2 N–H and O–H groups in total. The number of hydrogen-bond donors (Lipinski definition) is 2. The van der Waals surface area contributed by atoms with Crippen molar-refractivity contribution in [3.63, 3.8) is 0 Å². The summed E-state index contributed by atoms with van der Waals surface area (Å²) in [5.74, 6) is -2.16. The first kappa shape index (κ1) is 15.0. The van der Waals surface area contributed by atoms with E-state index in [1.54, 1.807) is 6.92 Å². The van der Waals surface area contributed by atoms with E-state index in [4.69, 9.17) is 9.47 Å². The first-order valence-electron chi connectivity index (χ1n) is 6.77. The average molecular weight is 280 g/mol. The molecular weight excluding hydrogens is 260 g/mol. The summed E-state index contributed by atoms with van der Waals surface area (Å²) in [4.78, 5) is 11.9. The summed E-state index contributed by atoms with van der Waals surface area (Å²) in [6, 6.07) is 9.36. The maximum atomic E-state index is 11.9. The van der Waals surface area contributed by atoms with Crippen LogP contribution in [0, 0.1) is 0 Å². The highest BCUT2D eigenvalue weighted by Crippen LogP contribution is 2.27. The molecule has 2 rings (SSSR count). The van der Waals surface area contributed by atoms with Gasteiger partial charge in [-0.05, 0) is 18.9 Å². The van der Waals surface area contributed by atoms with Crippen molar-refractivity contribution in [3.05, 3.63) is 35.9 Å². The number of carbonyl (C=O) groups is 1. The smallest absolute Gasteiger partial charge is 0.311 e. The lowest BCUT2D eigenvalue weighted by molar-refractivity contribution is -0.249. The Morgan fingerprint density at radius 2 is 2.20 bits per heavy atom. The van der Waals surface area contributed by atoms with Gasteiger partial charge in [0, 0.05) is 6.42 Å². The molecule has 1 aromatic rings. The zero-order valence-corrected chi connectivity index (χ0v) is 11.5. The predicted molar refractivity (Wildman–Crippen MR) is 71.7 cm³/mol. The molecule has 0 spiro atoms. The summed E-state index contributed by atoms with van der Waals surface area (Å²) in [6.45, 7) is 2.01. The second-order valence-electron chi connectivity index (χ2n) is 5.16. The minimum Gasteiger partial charge on any atom is -0.458 e. The van der Waals surface area contributed by atoms with Gasteiger partial charge < -0.3 is 19.7 Å². The van der Waals surface area contributed by atoms with Crippen LogP contribution >= 0.6 is 0 Å². The third-order valence-electron chi connectivity index (χ3n) is 3.37. The number of rotatable bonds is 4. The summed E-state index contributed by atoms with van der Waals surface area (Å²) in [6.07, 6.45) is -0.810. The van der Waals surface area contributed by atoms with Crippen molar-refractivity contribution >= 4 is 5.97 Å². The van der Waals surface area contributed by atoms with E-state index in [0.717, 1.165) is 5.56 Å². The Kier molecular flexibility index (Phi) is 4.75. The maximum Gasteiger partial charge on any atom is 0.311 e. The molecule has 1 saturated heterocycles. The van der Waals surface area contributed by atoms with Gasteiger partial charge in [-0.3, -0.25) is 4.79 Å². The van der Waals surface area contributed by atoms with Gasteiger partial charge in [0.1, 0.15) is 6.10 Å². The molecule has 5 nitrogen and oxygen atoms in total. The third kappa shape index (κ3) is 4.03. The van der Waals surface area contributed by atoms with Gasteiger partial charge in [-0.1, -0.05) is 30.3 Å². The van der Waals surface area contributed by atoms with Gasteiger partial charge in [0.25, 0.3) is 0 Å². The van der Waals surface area contributed by atoms with Crippen LogP contribution in [0.4, 0.5) is 0 Å². The van der Waals surface area contributed by atoms with Gasteiger partial charge in [-0.2, -0.15) is 0 Å². The number of carbonyl (C=O) groups excluding carboxylic acids is 1. The normalized spacial score (nSPS) is 27.9. The lowest BCUT2D eigenvalue weighted by Gasteiger charge is -2.34. The largest absolute Gasteiger partial charge is 0.458 e. The first-order chi connectivity index (χ1) is 9.48. The van der Waals surface area contributed by atoms with Crippen LogP contribution in [-0.4, -0.2) is 34.7 Å². The lowest BCUT2D eigenvalue weighted by Crippen LogP contribution is -2.43. The molecule has 1 heterocycles. The van der Waals surface area contributed by atoms with Crippen LogP contribution in [0.15, 0.2) is 30.3 Å². The third-order valence-corrected chi connectivity index (χ3v) is 3.37. The highest BCUT2D eigenvalue weighted by molar-refractivity contribution is 5.70. The molecule has 0 aliphatic carbocycles.